The van der Waals surface area contributed by atoms with Crippen LogP contribution < -0.4 is 0 Å². The number of esters is 1. The highest BCUT2D eigenvalue weighted by Crippen LogP contribution is 2.34. The van der Waals surface area contributed by atoms with Crippen LogP contribution in [0.2, 0.25) is 0 Å². The van der Waals surface area contributed by atoms with E-state index >= 15 is 0 Å². The van der Waals surface area contributed by atoms with Crippen LogP contribution in [0.5, 0.6) is 0 Å². The second-order valence-electron chi connectivity index (χ2n) is 9.96. The molecule has 2 heterocycles. The molecule has 0 fully saturated rings. The molecule has 0 amide bonds. The number of carbonyl (C=O) groups excluding carboxylic acids is 1. The minimum Gasteiger partial charge on any atom is -0.465 e. The zero-order valence-corrected chi connectivity index (χ0v) is 22.7. The highest BCUT2D eigenvalue weighted by atomic mass is 16.5. The van der Waals surface area contributed by atoms with Gasteiger partial charge in [0.2, 0.25) is 0 Å². The Morgan fingerprint density at radius 3 is 2.27 bits per heavy atom. The lowest BCUT2D eigenvalue weighted by atomic mass is 9.88. The van der Waals surface area contributed by atoms with Crippen molar-refractivity contribution in [2.45, 2.75) is 38.6 Å². The molecule has 0 aliphatic heterocycles. The Hall–Kier alpha value is -4.71. The Balaban J connectivity index is 1.48. The van der Waals surface area contributed by atoms with Crippen LogP contribution in [0.25, 0.3) is 33.5 Å². The molecule has 0 saturated carbocycles. The van der Waals surface area contributed by atoms with E-state index < -0.39 is 0 Å². The van der Waals surface area contributed by atoms with E-state index in [-0.39, 0.29) is 11.9 Å². The van der Waals surface area contributed by atoms with Crippen LogP contribution in [0.15, 0.2) is 101 Å². The minimum atomic E-state index is -0.382. The molecule has 0 spiro atoms. The monoisotopic (exact) mass is 529 g/mol. The molecule has 40 heavy (non-hydrogen) atoms. The molecule has 4 aromatic carbocycles. The van der Waals surface area contributed by atoms with Crippen LogP contribution >= 0.6 is 0 Å². The van der Waals surface area contributed by atoms with Gasteiger partial charge in [-0.3, -0.25) is 0 Å². The molecule has 0 saturated heterocycles. The molecule has 200 valence electrons. The van der Waals surface area contributed by atoms with E-state index in [2.05, 4.69) is 72.2 Å². The van der Waals surface area contributed by atoms with E-state index in [1.807, 2.05) is 24.3 Å². The van der Waals surface area contributed by atoms with Crippen molar-refractivity contribution in [2.24, 2.45) is 0 Å². The van der Waals surface area contributed by atoms with Gasteiger partial charge in [0.05, 0.1) is 29.3 Å². The second-order valence-corrected chi connectivity index (χ2v) is 9.96. The molecule has 0 atom stereocenters. The van der Waals surface area contributed by atoms with Crippen LogP contribution in [0.4, 0.5) is 0 Å². The van der Waals surface area contributed by atoms with Gasteiger partial charge >= 0.3 is 5.97 Å². The van der Waals surface area contributed by atoms with Crippen molar-refractivity contribution in [2.75, 3.05) is 7.11 Å². The lowest BCUT2D eigenvalue weighted by Crippen LogP contribution is -2.08. The maximum absolute atomic E-state index is 12.3. The standard InChI is InChI=1S/C34H31N3O3/c1-3-11-31-35-28-17-10-16-27(32(28)40-31)33-36-29-22-25(34(38)39-2)18-19-30(29)37(33)21-20-26(23-12-6-4-7-13-23)24-14-8-5-9-15-24/h4-10,12-19,22,26H,3,11,20-21H2,1-2H3. The topological polar surface area (TPSA) is 70.2 Å². The smallest absolute Gasteiger partial charge is 0.337 e. The van der Waals surface area contributed by atoms with Gasteiger partial charge in [0.1, 0.15) is 11.3 Å². The molecule has 6 aromatic rings. The number of ether oxygens (including phenoxy) is 1. The van der Waals surface area contributed by atoms with E-state index in [1.54, 1.807) is 12.1 Å². The zero-order chi connectivity index (χ0) is 27.5. The van der Waals surface area contributed by atoms with Crippen molar-refractivity contribution < 1.29 is 13.9 Å². The largest absolute Gasteiger partial charge is 0.465 e. The number of aromatic nitrogens is 3. The second kappa shape index (κ2) is 11.2. The SMILES string of the molecule is CCCc1nc2cccc(-c3nc4cc(C(=O)OC)ccc4n3CCC(c3ccccc3)c3ccccc3)c2o1. The number of imidazole rings is 1. The van der Waals surface area contributed by atoms with Crippen molar-refractivity contribution in [1.29, 1.82) is 0 Å². The summed E-state index contributed by atoms with van der Waals surface area (Å²) in [6.07, 6.45) is 2.60. The number of hydrogen-bond acceptors (Lipinski definition) is 5. The molecule has 6 rings (SSSR count). The van der Waals surface area contributed by atoms with Crippen LogP contribution in [0, 0.1) is 0 Å². The van der Waals surface area contributed by atoms with Crippen molar-refractivity contribution in [1.82, 2.24) is 14.5 Å². The quantitative estimate of drug-likeness (QED) is 0.179. The number of benzene rings is 4. The summed E-state index contributed by atoms with van der Waals surface area (Å²) in [5.74, 6) is 1.35. The number of methoxy groups -OCH3 is 1. The fraction of sp³-hybridized carbons (Fsp3) is 0.206. The fourth-order valence-electron chi connectivity index (χ4n) is 5.45. The maximum Gasteiger partial charge on any atom is 0.337 e. The van der Waals surface area contributed by atoms with E-state index in [4.69, 9.17) is 19.1 Å². The summed E-state index contributed by atoms with van der Waals surface area (Å²) in [4.78, 5) is 22.1. The number of para-hydroxylation sites is 1. The van der Waals surface area contributed by atoms with Crippen LogP contribution in [-0.4, -0.2) is 27.6 Å². The average Bonchev–Trinajstić information content (AvgIpc) is 3.58. The Morgan fingerprint density at radius 2 is 1.60 bits per heavy atom. The van der Waals surface area contributed by atoms with Gasteiger partial charge in [-0.15, -0.1) is 0 Å². The van der Waals surface area contributed by atoms with E-state index in [0.717, 1.165) is 58.7 Å². The molecule has 6 nitrogen and oxygen atoms in total. The van der Waals surface area contributed by atoms with Crippen LogP contribution in [0.3, 0.4) is 0 Å². The Morgan fingerprint density at radius 1 is 0.875 bits per heavy atom. The normalized spacial score (nSPS) is 11.5. The number of aryl methyl sites for hydroxylation is 2. The van der Waals surface area contributed by atoms with E-state index in [9.17, 15) is 4.79 Å². The number of carbonyl (C=O) groups is 1. The minimum absolute atomic E-state index is 0.208. The predicted octanol–water partition coefficient (Wildman–Crippen LogP) is 7.81. The van der Waals surface area contributed by atoms with Gasteiger partial charge in [-0.25, -0.2) is 14.8 Å². The molecule has 0 unspecified atom stereocenters. The van der Waals surface area contributed by atoms with Gasteiger partial charge in [0.25, 0.3) is 0 Å². The molecule has 0 radical (unpaired) electrons. The predicted molar refractivity (Wildman–Crippen MR) is 157 cm³/mol. The summed E-state index contributed by atoms with van der Waals surface area (Å²) in [5, 5.41) is 0. The van der Waals surface area contributed by atoms with Crippen molar-refractivity contribution >= 4 is 28.1 Å². The summed E-state index contributed by atoms with van der Waals surface area (Å²) in [7, 11) is 1.39. The Kier molecular flexibility index (Phi) is 7.15. The zero-order valence-electron chi connectivity index (χ0n) is 22.7. The lowest BCUT2D eigenvalue weighted by molar-refractivity contribution is 0.0601. The summed E-state index contributed by atoms with van der Waals surface area (Å²) in [6, 6.07) is 32.8. The molecular weight excluding hydrogens is 498 g/mol. The van der Waals surface area contributed by atoms with Gasteiger partial charge in [-0.05, 0) is 54.3 Å². The van der Waals surface area contributed by atoms with Crippen LogP contribution in [0.1, 0.15) is 53.1 Å². The summed E-state index contributed by atoms with van der Waals surface area (Å²) < 4.78 is 13.5. The number of nitrogens with zero attached hydrogens (tertiary/aromatic N) is 3. The van der Waals surface area contributed by atoms with E-state index in [1.165, 1.54) is 18.2 Å². The molecule has 0 N–H and O–H groups in total. The first-order chi connectivity index (χ1) is 19.7. The molecular formula is C34H31N3O3. The van der Waals surface area contributed by atoms with Gasteiger partial charge in [-0.1, -0.05) is 73.7 Å². The molecule has 0 bridgehead atoms. The van der Waals surface area contributed by atoms with Crippen molar-refractivity contribution in [3.8, 4) is 11.4 Å². The van der Waals surface area contributed by atoms with Crippen LogP contribution in [-0.2, 0) is 17.7 Å². The molecule has 2 aromatic heterocycles. The average molecular weight is 530 g/mol. The first-order valence-electron chi connectivity index (χ1n) is 13.7. The first-order valence-corrected chi connectivity index (χ1v) is 13.7. The summed E-state index contributed by atoms with van der Waals surface area (Å²) >= 11 is 0. The third kappa shape index (κ3) is 4.89. The van der Waals surface area contributed by atoms with Gasteiger partial charge in [0.15, 0.2) is 11.5 Å². The third-order valence-corrected chi connectivity index (χ3v) is 7.38. The van der Waals surface area contributed by atoms with Gasteiger partial charge in [0, 0.05) is 18.9 Å². The molecule has 0 aliphatic rings. The number of fused-ring (bicyclic) bond motifs is 2. The molecule has 6 heteroatoms. The van der Waals surface area contributed by atoms with E-state index in [0.29, 0.717) is 12.1 Å². The maximum atomic E-state index is 12.3. The van der Waals surface area contributed by atoms with Crippen molar-refractivity contribution in [3.63, 3.8) is 0 Å². The summed E-state index contributed by atoms with van der Waals surface area (Å²) in [5.41, 5.74) is 7.15. The summed E-state index contributed by atoms with van der Waals surface area (Å²) in [6.45, 7) is 2.83. The molecule has 0 aliphatic carbocycles. The van der Waals surface area contributed by atoms with Gasteiger partial charge in [-0.2, -0.15) is 0 Å². The Bertz CT molecular complexity index is 1730. The fourth-order valence-corrected chi connectivity index (χ4v) is 5.45. The van der Waals surface area contributed by atoms with Gasteiger partial charge < -0.3 is 13.7 Å². The Labute approximate surface area is 233 Å². The number of hydrogen-bond donors (Lipinski definition) is 0. The number of oxazole rings is 1. The first kappa shape index (κ1) is 25.6. The highest BCUT2D eigenvalue weighted by Gasteiger charge is 2.21. The number of rotatable bonds is 9. The van der Waals surface area contributed by atoms with Crippen molar-refractivity contribution in [3.05, 3.63) is 120 Å². The highest BCUT2D eigenvalue weighted by molar-refractivity contribution is 5.96. The third-order valence-electron chi connectivity index (χ3n) is 7.38. The lowest BCUT2D eigenvalue weighted by Gasteiger charge is -2.19.